The summed E-state index contributed by atoms with van der Waals surface area (Å²) < 4.78 is 5.30. The molecule has 0 fully saturated rings. The Morgan fingerprint density at radius 1 is 1.05 bits per heavy atom. The third-order valence-corrected chi connectivity index (χ3v) is 3.05. The van der Waals surface area contributed by atoms with Gasteiger partial charge < -0.3 is 20.1 Å². The Labute approximate surface area is 122 Å². The van der Waals surface area contributed by atoms with Crippen LogP contribution in [0.15, 0.2) is 36.4 Å². The average molecular weight is 288 g/mol. The number of phenols is 3. The number of hydrogen-bond acceptors (Lipinski definition) is 5. The van der Waals surface area contributed by atoms with E-state index >= 15 is 0 Å². The second kappa shape index (κ2) is 5.75. The summed E-state index contributed by atoms with van der Waals surface area (Å²) in [6, 6.07) is 9.21. The lowest BCUT2D eigenvalue weighted by Gasteiger charge is -2.12. The summed E-state index contributed by atoms with van der Waals surface area (Å²) in [5, 5.41) is 28.1. The number of hydrogen-bond donors (Lipinski definition) is 3. The molecule has 0 amide bonds. The van der Waals surface area contributed by atoms with Gasteiger partial charge in [-0.3, -0.25) is 0 Å². The Kier molecular flexibility index (Phi) is 4.03. The van der Waals surface area contributed by atoms with Crippen LogP contribution in [0.2, 0.25) is 0 Å². The first-order chi connectivity index (χ1) is 9.90. The number of carbonyl (C=O) groups excluding carboxylic acids is 1. The molecule has 0 aliphatic carbocycles. The Bertz CT molecular complexity index is 653. The number of esters is 1. The van der Waals surface area contributed by atoms with E-state index < -0.39 is 23.2 Å². The molecule has 0 saturated heterocycles. The fourth-order valence-electron chi connectivity index (χ4n) is 1.93. The molecular weight excluding hydrogens is 272 g/mol. The molecule has 0 aliphatic heterocycles. The summed E-state index contributed by atoms with van der Waals surface area (Å²) in [5.74, 6) is -1.97. The van der Waals surface area contributed by atoms with Crippen molar-refractivity contribution in [1.29, 1.82) is 0 Å². The van der Waals surface area contributed by atoms with Gasteiger partial charge in [-0.25, -0.2) is 4.79 Å². The van der Waals surface area contributed by atoms with Crippen molar-refractivity contribution < 1.29 is 24.9 Å². The highest BCUT2D eigenvalue weighted by Gasteiger charge is 2.17. The normalized spacial score (nSPS) is 10.6. The molecule has 0 spiro atoms. The quantitative estimate of drug-likeness (QED) is 0.459. The van der Waals surface area contributed by atoms with Gasteiger partial charge in [0.1, 0.15) is 5.75 Å². The van der Waals surface area contributed by atoms with E-state index in [2.05, 4.69) is 0 Å². The van der Waals surface area contributed by atoms with Gasteiger partial charge in [-0.2, -0.15) is 0 Å². The fraction of sp³-hybridized carbons (Fsp3) is 0.188. The van der Waals surface area contributed by atoms with Gasteiger partial charge in [-0.1, -0.05) is 32.0 Å². The molecule has 0 saturated carbocycles. The van der Waals surface area contributed by atoms with Gasteiger partial charge in [-0.05, 0) is 29.7 Å². The van der Waals surface area contributed by atoms with Crippen LogP contribution in [0.3, 0.4) is 0 Å². The Balaban J connectivity index is 2.31. The number of aromatic hydroxyl groups is 3. The van der Waals surface area contributed by atoms with E-state index in [9.17, 15) is 20.1 Å². The van der Waals surface area contributed by atoms with E-state index in [1.807, 2.05) is 26.0 Å². The smallest absolute Gasteiger partial charge is 0.343 e. The van der Waals surface area contributed by atoms with E-state index in [0.717, 1.165) is 17.7 Å². The molecule has 110 valence electrons. The molecule has 2 aromatic carbocycles. The molecule has 0 bridgehead atoms. The highest BCUT2D eigenvalue weighted by atomic mass is 16.5. The van der Waals surface area contributed by atoms with Crippen molar-refractivity contribution in [2.75, 3.05) is 0 Å². The van der Waals surface area contributed by atoms with Crippen molar-refractivity contribution in [3.05, 3.63) is 47.5 Å². The number of para-hydroxylation sites is 1. The minimum Gasteiger partial charge on any atom is -0.504 e. The number of rotatable bonds is 3. The van der Waals surface area contributed by atoms with Crippen LogP contribution in [0.5, 0.6) is 23.0 Å². The zero-order chi connectivity index (χ0) is 15.6. The maximum absolute atomic E-state index is 12.1. The third-order valence-electron chi connectivity index (χ3n) is 3.05. The first kappa shape index (κ1) is 14.7. The summed E-state index contributed by atoms with van der Waals surface area (Å²) >= 11 is 0. The summed E-state index contributed by atoms with van der Waals surface area (Å²) in [5.41, 5.74) is 0.819. The van der Waals surface area contributed by atoms with Crippen molar-refractivity contribution in [2.45, 2.75) is 19.8 Å². The molecule has 0 radical (unpaired) electrons. The van der Waals surface area contributed by atoms with Gasteiger partial charge >= 0.3 is 5.97 Å². The molecule has 0 heterocycles. The Morgan fingerprint density at radius 2 is 1.62 bits per heavy atom. The number of ether oxygens (including phenoxy) is 1. The van der Waals surface area contributed by atoms with Crippen LogP contribution in [0.1, 0.15) is 35.7 Å². The van der Waals surface area contributed by atoms with Crippen LogP contribution in [0.25, 0.3) is 0 Å². The number of benzene rings is 2. The summed E-state index contributed by atoms with van der Waals surface area (Å²) in [4.78, 5) is 12.1. The van der Waals surface area contributed by atoms with E-state index in [1.54, 1.807) is 12.1 Å². The van der Waals surface area contributed by atoms with Gasteiger partial charge in [0, 0.05) is 0 Å². The molecule has 2 rings (SSSR count). The molecule has 0 aliphatic rings. The van der Waals surface area contributed by atoms with Crippen LogP contribution < -0.4 is 4.74 Å². The zero-order valence-corrected chi connectivity index (χ0v) is 11.7. The minimum atomic E-state index is -0.728. The molecular formula is C16H16O5. The van der Waals surface area contributed by atoms with E-state index in [0.29, 0.717) is 5.75 Å². The highest BCUT2D eigenvalue weighted by molar-refractivity contribution is 5.92. The number of phenolic OH excluding ortho intramolecular Hbond substituents is 3. The molecule has 0 unspecified atom stereocenters. The topological polar surface area (TPSA) is 87.0 Å². The minimum absolute atomic E-state index is 0.0543. The Morgan fingerprint density at radius 3 is 2.19 bits per heavy atom. The van der Waals surface area contributed by atoms with Crippen molar-refractivity contribution in [1.82, 2.24) is 0 Å². The van der Waals surface area contributed by atoms with Crippen LogP contribution >= 0.6 is 0 Å². The number of carbonyl (C=O) groups is 1. The molecule has 21 heavy (non-hydrogen) atoms. The van der Waals surface area contributed by atoms with E-state index in [-0.39, 0.29) is 11.5 Å². The zero-order valence-electron chi connectivity index (χ0n) is 11.7. The largest absolute Gasteiger partial charge is 0.504 e. The molecule has 3 N–H and O–H groups in total. The first-order valence-corrected chi connectivity index (χ1v) is 6.46. The van der Waals surface area contributed by atoms with Gasteiger partial charge in [0.2, 0.25) is 0 Å². The van der Waals surface area contributed by atoms with Gasteiger partial charge in [0.05, 0.1) is 5.56 Å². The van der Waals surface area contributed by atoms with Gasteiger partial charge in [0.25, 0.3) is 0 Å². The average Bonchev–Trinajstić information content (AvgIpc) is 2.44. The summed E-state index contributed by atoms with van der Waals surface area (Å²) in [6.45, 7) is 3.95. The maximum Gasteiger partial charge on any atom is 0.343 e. The van der Waals surface area contributed by atoms with E-state index in [4.69, 9.17) is 4.74 Å². The van der Waals surface area contributed by atoms with Crippen molar-refractivity contribution in [3.8, 4) is 23.0 Å². The lowest BCUT2D eigenvalue weighted by atomic mass is 10.0. The SMILES string of the molecule is CC(C)c1ccccc1OC(=O)c1cc(O)c(O)c(O)c1. The highest BCUT2D eigenvalue weighted by Crippen LogP contribution is 2.36. The van der Waals surface area contributed by atoms with Gasteiger partial charge in [-0.15, -0.1) is 0 Å². The predicted molar refractivity (Wildman–Crippen MR) is 76.9 cm³/mol. The van der Waals surface area contributed by atoms with Crippen molar-refractivity contribution >= 4 is 5.97 Å². The third kappa shape index (κ3) is 3.08. The predicted octanol–water partition coefficient (Wildman–Crippen LogP) is 3.15. The van der Waals surface area contributed by atoms with Crippen LogP contribution in [-0.4, -0.2) is 21.3 Å². The van der Waals surface area contributed by atoms with Crippen LogP contribution in [0, 0.1) is 0 Å². The van der Waals surface area contributed by atoms with Crippen molar-refractivity contribution in [3.63, 3.8) is 0 Å². The molecule has 0 aromatic heterocycles. The Hall–Kier alpha value is -2.69. The lowest BCUT2D eigenvalue weighted by molar-refractivity contribution is 0.0732. The molecule has 5 heteroatoms. The van der Waals surface area contributed by atoms with E-state index in [1.165, 1.54) is 0 Å². The maximum atomic E-state index is 12.1. The van der Waals surface area contributed by atoms with Crippen LogP contribution in [-0.2, 0) is 0 Å². The first-order valence-electron chi connectivity index (χ1n) is 6.46. The summed E-state index contributed by atoms with van der Waals surface area (Å²) in [7, 11) is 0. The standard InChI is InChI=1S/C16H16O5/c1-9(2)11-5-3-4-6-14(11)21-16(20)10-7-12(17)15(19)13(18)8-10/h3-9,17-19H,1-2H3. The fourth-order valence-corrected chi connectivity index (χ4v) is 1.93. The monoisotopic (exact) mass is 288 g/mol. The molecule has 2 aromatic rings. The van der Waals surface area contributed by atoms with Crippen LogP contribution in [0.4, 0.5) is 0 Å². The summed E-state index contributed by atoms with van der Waals surface area (Å²) in [6.07, 6.45) is 0. The molecule has 5 nitrogen and oxygen atoms in total. The second-order valence-corrected chi connectivity index (χ2v) is 4.95. The second-order valence-electron chi connectivity index (χ2n) is 4.95. The molecule has 0 atom stereocenters. The van der Waals surface area contributed by atoms with Crippen molar-refractivity contribution in [2.24, 2.45) is 0 Å². The lowest BCUT2D eigenvalue weighted by Crippen LogP contribution is -2.10. The van der Waals surface area contributed by atoms with Gasteiger partial charge in [0.15, 0.2) is 17.2 Å².